The summed E-state index contributed by atoms with van der Waals surface area (Å²) in [5, 5.41) is 24.9. The number of fused-ring (bicyclic) bond motifs is 4. The van der Waals surface area contributed by atoms with Crippen molar-refractivity contribution in [1.82, 2.24) is 14.9 Å². The molecule has 1 fully saturated rings. The molecule has 4 aromatic rings. The van der Waals surface area contributed by atoms with Crippen LogP contribution in [0, 0.1) is 17.1 Å². The molecule has 0 aliphatic carbocycles. The molecule has 2 atom stereocenters. The Morgan fingerprint density at radius 3 is 2.70 bits per heavy atom. The number of carbonyl (C=O) groups is 1. The summed E-state index contributed by atoms with van der Waals surface area (Å²) in [7, 11) is 3.82. The van der Waals surface area contributed by atoms with E-state index in [0.29, 0.717) is 51.2 Å². The number of rotatable bonds is 4. The summed E-state index contributed by atoms with van der Waals surface area (Å²) >= 11 is 8.27. The number of carbonyl (C=O) groups excluding carboxylic acids is 1. The molecular weight excluding hydrogens is 595 g/mol. The van der Waals surface area contributed by atoms with Gasteiger partial charge in [0, 0.05) is 45.9 Å². The van der Waals surface area contributed by atoms with Crippen molar-refractivity contribution in [1.29, 1.82) is 5.26 Å². The lowest BCUT2D eigenvalue weighted by Crippen LogP contribution is -2.38. The maximum atomic E-state index is 16.0. The molecule has 2 N–H and O–H groups in total. The Morgan fingerprint density at radius 1 is 1.28 bits per heavy atom. The third-order valence-electron chi connectivity index (χ3n) is 7.67. The number of aliphatic hydroxyl groups excluding tert-OH is 1. The van der Waals surface area contributed by atoms with E-state index in [0.717, 1.165) is 16.9 Å². The van der Waals surface area contributed by atoms with E-state index in [1.165, 1.54) is 6.07 Å². The molecule has 224 valence electrons. The monoisotopic (exact) mass is 624 g/mol. The average molecular weight is 625 g/mol. The van der Waals surface area contributed by atoms with E-state index in [1.54, 1.807) is 33.0 Å². The maximum absolute atomic E-state index is 16.0. The highest BCUT2D eigenvalue weighted by Crippen LogP contribution is 2.49. The minimum atomic E-state index is -0.745. The van der Waals surface area contributed by atoms with Crippen molar-refractivity contribution in [2.24, 2.45) is 0 Å². The normalized spacial score (nSPS) is 18.5. The predicted molar refractivity (Wildman–Crippen MR) is 164 cm³/mol. The second kappa shape index (κ2) is 10.8. The molecule has 1 amide bonds. The van der Waals surface area contributed by atoms with Crippen LogP contribution in [-0.4, -0.2) is 71.0 Å². The van der Waals surface area contributed by atoms with Crippen LogP contribution in [0.4, 0.5) is 20.1 Å². The lowest BCUT2D eigenvalue weighted by molar-refractivity contribution is 0.0636. The predicted octanol–water partition coefficient (Wildman–Crippen LogP) is 5.66. The summed E-state index contributed by atoms with van der Waals surface area (Å²) in [6.07, 6.45) is 0.400. The standard InChI is InChI=1S/C30H30ClFN6O4S/c1-30(2,3)42-29(40)36-27-14(8-33)22-21(43-27)7-6-18(32)24(22)23-17-13-41-12-16(17)15-9-34-28(35-26(15)25(23)31)38-10-19(37(4)5)20(39)11-38/h6-7,9,19-20,39H,10-13H2,1-5H3,(H,36,40)/t19-,20+/m1/s1. The van der Waals surface area contributed by atoms with Gasteiger partial charge in [0.25, 0.3) is 0 Å². The molecule has 1 saturated heterocycles. The van der Waals surface area contributed by atoms with Crippen molar-refractivity contribution in [3.63, 3.8) is 0 Å². The van der Waals surface area contributed by atoms with E-state index in [4.69, 9.17) is 26.1 Å². The molecule has 0 saturated carbocycles. The van der Waals surface area contributed by atoms with Gasteiger partial charge in [0.15, 0.2) is 0 Å². The van der Waals surface area contributed by atoms with Gasteiger partial charge in [-0.25, -0.2) is 19.2 Å². The van der Waals surface area contributed by atoms with Crippen LogP contribution in [-0.2, 0) is 22.7 Å². The highest BCUT2D eigenvalue weighted by molar-refractivity contribution is 7.23. The minimum absolute atomic E-state index is 0.0862. The first-order valence-electron chi connectivity index (χ1n) is 13.7. The number of aliphatic hydroxyl groups is 1. The summed E-state index contributed by atoms with van der Waals surface area (Å²) in [6.45, 7) is 6.55. The Bertz CT molecular complexity index is 1830. The third kappa shape index (κ3) is 5.15. The number of aromatic nitrogens is 2. The minimum Gasteiger partial charge on any atom is -0.444 e. The quantitative estimate of drug-likeness (QED) is 0.296. The van der Waals surface area contributed by atoms with Crippen LogP contribution < -0.4 is 10.2 Å². The van der Waals surface area contributed by atoms with Gasteiger partial charge in [0.2, 0.25) is 5.95 Å². The van der Waals surface area contributed by atoms with Gasteiger partial charge in [0.05, 0.1) is 41.5 Å². The average Bonchev–Trinajstić information content (AvgIpc) is 3.65. The fourth-order valence-electron chi connectivity index (χ4n) is 5.76. The Balaban J connectivity index is 1.54. The number of hydrogen-bond acceptors (Lipinski definition) is 10. The van der Waals surface area contributed by atoms with E-state index in [1.807, 2.05) is 23.9 Å². The van der Waals surface area contributed by atoms with Crippen molar-refractivity contribution in [3.8, 4) is 17.2 Å². The van der Waals surface area contributed by atoms with E-state index < -0.39 is 23.6 Å². The number of halogens is 2. The van der Waals surface area contributed by atoms with E-state index in [9.17, 15) is 15.2 Å². The number of nitrogens with one attached hydrogen (secondary N) is 1. The van der Waals surface area contributed by atoms with Crippen LogP contribution >= 0.6 is 22.9 Å². The molecule has 2 aliphatic rings. The Labute approximate surface area is 256 Å². The molecule has 43 heavy (non-hydrogen) atoms. The summed E-state index contributed by atoms with van der Waals surface area (Å²) in [6, 6.07) is 4.97. The first-order chi connectivity index (χ1) is 20.4. The topological polar surface area (TPSA) is 124 Å². The Hall–Kier alpha value is -3.60. The zero-order valence-corrected chi connectivity index (χ0v) is 25.9. The summed E-state index contributed by atoms with van der Waals surface area (Å²) < 4.78 is 27.7. The number of nitrogens with zero attached hydrogens (tertiary/aromatic N) is 5. The number of amides is 1. The molecule has 2 aromatic carbocycles. The molecule has 4 heterocycles. The third-order valence-corrected chi connectivity index (χ3v) is 9.11. The van der Waals surface area contributed by atoms with Crippen molar-refractivity contribution >= 4 is 61.0 Å². The molecule has 6 rings (SSSR count). The molecule has 0 spiro atoms. The molecule has 10 nitrogen and oxygen atoms in total. The number of anilines is 2. The molecule has 13 heteroatoms. The number of benzene rings is 2. The van der Waals surface area contributed by atoms with Crippen LogP contribution in [0.2, 0.25) is 5.02 Å². The van der Waals surface area contributed by atoms with Gasteiger partial charge in [-0.15, -0.1) is 11.3 Å². The first kappa shape index (κ1) is 29.5. The van der Waals surface area contributed by atoms with Gasteiger partial charge >= 0.3 is 6.09 Å². The Kier molecular flexibility index (Phi) is 7.43. The number of likely N-dealkylation sites (N-methyl/N-ethyl adjacent to an activating group) is 1. The van der Waals surface area contributed by atoms with Crippen LogP contribution in [0.15, 0.2) is 18.3 Å². The molecule has 0 unspecified atom stereocenters. The summed E-state index contributed by atoms with van der Waals surface area (Å²) in [5.74, 6) is -0.176. The molecule has 0 radical (unpaired) electrons. The highest BCUT2D eigenvalue weighted by atomic mass is 35.5. The zero-order chi connectivity index (χ0) is 30.8. The molecule has 2 aromatic heterocycles. The second-order valence-corrected chi connectivity index (χ2v) is 13.3. The van der Waals surface area contributed by atoms with E-state index in [-0.39, 0.29) is 40.4 Å². The SMILES string of the molecule is CN(C)[C@@H]1CN(c2ncc3c4c(c(-c5c(F)ccc6sc(NC(=O)OC(C)(C)C)c(C#N)c56)c(Cl)c3n2)COC4)C[C@@H]1O. The van der Waals surface area contributed by atoms with Gasteiger partial charge < -0.3 is 24.4 Å². The van der Waals surface area contributed by atoms with E-state index in [2.05, 4.69) is 16.4 Å². The second-order valence-electron chi connectivity index (χ2n) is 11.9. The van der Waals surface area contributed by atoms with Gasteiger partial charge in [-0.2, -0.15) is 5.26 Å². The molecule has 0 bridgehead atoms. The van der Waals surface area contributed by atoms with Crippen molar-refractivity contribution in [2.45, 2.75) is 51.7 Å². The smallest absolute Gasteiger partial charge is 0.412 e. The number of β-amino-alcohol motifs (C(OH)–C–C–N with tert-alkyl or cyclic N) is 1. The van der Waals surface area contributed by atoms with Crippen molar-refractivity contribution in [2.75, 3.05) is 37.4 Å². The van der Waals surface area contributed by atoms with Crippen LogP contribution in [0.25, 0.3) is 32.1 Å². The summed E-state index contributed by atoms with van der Waals surface area (Å²) in [5.41, 5.74) is 1.80. The number of thiophene rings is 1. The molecular formula is C30H30ClFN6O4S. The number of hydrogen-bond donors (Lipinski definition) is 2. The van der Waals surface area contributed by atoms with E-state index >= 15 is 4.39 Å². The maximum Gasteiger partial charge on any atom is 0.412 e. The van der Waals surface area contributed by atoms with Gasteiger partial charge in [-0.05, 0) is 58.1 Å². The van der Waals surface area contributed by atoms with Crippen molar-refractivity contribution in [3.05, 3.63) is 45.9 Å². The van der Waals surface area contributed by atoms with Crippen molar-refractivity contribution < 1.29 is 23.8 Å². The van der Waals surface area contributed by atoms with Crippen LogP contribution in [0.3, 0.4) is 0 Å². The van der Waals surface area contributed by atoms with Gasteiger partial charge in [0.1, 0.15) is 22.5 Å². The van der Waals surface area contributed by atoms with Crippen LogP contribution in [0.5, 0.6) is 0 Å². The molecule has 2 aliphatic heterocycles. The highest BCUT2D eigenvalue weighted by Gasteiger charge is 2.35. The number of nitriles is 1. The lowest BCUT2D eigenvalue weighted by Gasteiger charge is -2.22. The largest absolute Gasteiger partial charge is 0.444 e. The van der Waals surface area contributed by atoms with Gasteiger partial charge in [-0.1, -0.05) is 11.6 Å². The first-order valence-corrected chi connectivity index (χ1v) is 14.9. The number of ether oxygens (including phenoxy) is 2. The summed E-state index contributed by atoms with van der Waals surface area (Å²) in [4.78, 5) is 25.9. The van der Waals surface area contributed by atoms with Crippen LogP contribution in [0.1, 0.15) is 37.5 Å². The lowest BCUT2D eigenvalue weighted by atomic mass is 9.91. The fourth-order valence-corrected chi connectivity index (χ4v) is 7.16. The van der Waals surface area contributed by atoms with Gasteiger partial charge in [-0.3, -0.25) is 5.32 Å². The Morgan fingerprint density at radius 2 is 2.02 bits per heavy atom. The zero-order valence-electron chi connectivity index (χ0n) is 24.3. The fraction of sp³-hybridized carbons (Fsp3) is 0.400.